The highest BCUT2D eigenvalue weighted by atomic mass is 32.2. The van der Waals surface area contributed by atoms with E-state index in [-0.39, 0.29) is 28.7 Å². The van der Waals surface area contributed by atoms with E-state index in [1.165, 1.54) is 12.1 Å². The molecule has 1 aromatic heterocycles. The van der Waals surface area contributed by atoms with E-state index >= 15 is 0 Å². The van der Waals surface area contributed by atoms with Crippen LogP contribution in [-0.2, 0) is 19.4 Å². The molecule has 30 heavy (non-hydrogen) atoms. The van der Waals surface area contributed by atoms with Crippen molar-refractivity contribution in [1.29, 1.82) is 0 Å². The van der Waals surface area contributed by atoms with Crippen molar-refractivity contribution in [2.45, 2.75) is 11.3 Å². The molecule has 7 nitrogen and oxygen atoms in total. The third-order valence-corrected chi connectivity index (χ3v) is 6.76. The number of nitrogens with zero attached hydrogens (tertiary/aromatic N) is 2. The lowest BCUT2D eigenvalue weighted by atomic mass is 10.1. The molecule has 11 heteroatoms. The Bertz CT molecular complexity index is 1290. The summed E-state index contributed by atoms with van der Waals surface area (Å²) >= 11 is 1.11. The first kappa shape index (κ1) is 20.4. The maximum Gasteiger partial charge on any atom is 0.231 e. The van der Waals surface area contributed by atoms with Crippen LogP contribution in [0.1, 0.15) is 6.42 Å². The Balaban J connectivity index is 1.51. The Hall–Kier alpha value is -2.92. The highest BCUT2D eigenvalue weighted by molar-refractivity contribution is 7.90. The number of rotatable bonds is 4. The standard InChI is InChI=1S/C19H15F2N3O4S2/c1-30(27,28)12-3-4-14-16(8-12)29-19(22-14)23-18(26)10-6-17(25)24(9-10)15-5-2-11(20)7-13(15)21/h2-5,7-8,10H,6,9H2,1H3,(H,22,23,26). The fraction of sp³-hybridized carbons (Fsp3) is 0.211. The van der Waals surface area contributed by atoms with Gasteiger partial charge in [0.05, 0.1) is 26.7 Å². The van der Waals surface area contributed by atoms with Crippen LogP contribution in [0.4, 0.5) is 19.6 Å². The Morgan fingerprint density at radius 2 is 2.00 bits per heavy atom. The van der Waals surface area contributed by atoms with Crippen LogP contribution in [0.15, 0.2) is 41.3 Å². The number of carbonyl (C=O) groups is 2. The number of thiazole rings is 1. The molecule has 1 unspecified atom stereocenters. The van der Waals surface area contributed by atoms with Crippen LogP contribution in [0.2, 0.25) is 0 Å². The summed E-state index contributed by atoms with van der Waals surface area (Å²) in [5.41, 5.74) is 0.449. The number of amides is 2. The van der Waals surface area contributed by atoms with Crippen molar-refractivity contribution in [2.75, 3.05) is 23.0 Å². The van der Waals surface area contributed by atoms with Gasteiger partial charge in [0.25, 0.3) is 0 Å². The van der Waals surface area contributed by atoms with Crippen molar-refractivity contribution in [3.63, 3.8) is 0 Å². The molecule has 1 aliphatic heterocycles. The fourth-order valence-corrected chi connectivity index (χ4v) is 4.84. The summed E-state index contributed by atoms with van der Waals surface area (Å²) < 4.78 is 51.1. The monoisotopic (exact) mass is 451 g/mol. The third kappa shape index (κ3) is 3.90. The number of hydrogen-bond donors (Lipinski definition) is 1. The summed E-state index contributed by atoms with van der Waals surface area (Å²) in [5.74, 6) is -3.27. The van der Waals surface area contributed by atoms with Crippen LogP contribution in [0.3, 0.4) is 0 Å². The zero-order valence-electron chi connectivity index (χ0n) is 15.6. The molecule has 0 spiro atoms. The van der Waals surface area contributed by atoms with Gasteiger partial charge in [0.15, 0.2) is 15.0 Å². The highest BCUT2D eigenvalue weighted by Gasteiger charge is 2.36. The Labute approximate surface area is 174 Å². The number of carbonyl (C=O) groups excluding carboxylic acids is 2. The molecular weight excluding hydrogens is 436 g/mol. The van der Waals surface area contributed by atoms with Gasteiger partial charge < -0.3 is 10.2 Å². The van der Waals surface area contributed by atoms with E-state index in [1.54, 1.807) is 6.07 Å². The van der Waals surface area contributed by atoms with Gasteiger partial charge in [-0.25, -0.2) is 22.2 Å². The minimum Gasteiger partial charge on any atom is -0.309 e. The number of fused-ring (bicyclic) bond motifs is 1. The third-order valence-electron chi connectivity index (χ3n) is 4.71. The number of aromatic nitrogens is 1. The van der Waals surface area contributed by atoms with Crippen molar-refractivity contribution in [3.05, 3.63) is 48.0 Å². The molecule has 0 aliphatic carbocycles. The van der Waals surface area contributed by atoms with Crippen molar-refractivity contribution in [1.82, 2.24) is 4.98 Å². The number of sulfone groups is 1. The van der Waals surface area contributed by atoms with Gasteiger partial charge in [0.2, 0.25) is 11.8 Å². The summed E-state index contributed by atoms with van der Waals surface area (Å²) in [6.07, 6.45) is 0.983. The van der Waals surface area contributed by atoms with Gasteiger partial charge in [-0.2, -0.15) is 0 Å². The van der Waals surface area contributed by atoms with E-state index in [0.717, 1.165) is 34.6 Å². The first-order valence-electron chi connectivity index (χ1n) is 8.79. The average molecular weight is 451 g/mol. The van der Waals surface area contributed by atoms with E-state index in [0.29, 0.717) is 16.3 Å². The SMILES string of the molecule is CS(=O)(=O)c1ccc2nc(NC(=O)C3CC(=O)N(c4ccc(F)cc4F)C3)sc2c1. The predicted octanol–water partition coefficient (Wildman–Crippen LogP) is 2.97. The number of anilines is 2. The summed E-state index contributed by atoms with van der Waals surface area (Å²) in [6.45, 7) is -0.0453. The zero-order chi connectivity index (χ0) is 21.6. The minimum absolute atomic E-state index is 0.0453. The van der Waals surface area contributed by atoms with Crippen LogP contribution in [0.25, 0.3) is 10.2 Å². The van der Waals surface area contributed by atoms with Gasteiger partial charge in [0, 0.05) is 25.3 Å². The molecule has 1 saturated heterocycles. The summed E-state index contributed by atoms with van der Waals surface area (Å²) in [7, 11) is -3.37. The van der Waals surface area contributed by atoms with E-state index in [4.69, 9.17) is 0 Å². The first-order valence-corrected chi connectivity index (χ1v) is 11.5. The minimum atomic E-state index is -3.37. The molecule has 1 atom stereocenters. The topological polar surface area (TPSA) is 96.4 Å². The zero-order valence-corrected chi connectivity index (χ0v) is 17.2. The lowest BCUT2D eigenvalue weighted by molar-refractivity contribution is -0.122. The molecule has 1 aliphatic rings. The first-order chi connectivity index (χ1) is 14.1. The average Bonchev–Trinajstić information content (AvgIpc) is 3.23. The molecule has 2 heterocycles. The largest absolute Gasteiger partial charge is 0.309 e. The number of benzene rings is 2. The lowest BCUT2D eigenvalue weighted by Crippen LogP contribution is -2.28. The second-order valence-corrected chi connectivity index (χ2v) is 9.96. The predicted molar refractivity (Wildman–Crippen MR) is 108 cm³/mol. The van der Waals surface area contributed by atoms with Gasteiger partial charge in [-0.1, -0.05) is 11.3 Å². The van der Waals surface area contributed by atoms with E-state index < -0.39 is 39.2 Å². The highest BCUT2D eigenvalue weighted by Crippen LogP contribution is 2.31. The van der Waals surface area contributed by atoms with Crippen molar-refractivity contribution in [2.24, 2.45) is 5.92 Å². The second-order valence-electron chi connectivity index (χ2n) is 6.91. The van der Waals surface area contributed by atoms with Crippen LogP contribution in [0.5, 0.6) is 0 Å². The van der Waals surface area contributed by atoms with Crippen LogP contribution >= 0.6 is 11.3 Å². The van der Waals surface area contributed by atoms with Crippen LogP contribution in [-0.4, -0.2) is 38.0 Å². The van der Waals surface area contributed by atoms with E-state index in [1.807, 2.05) is 0 Å². The molecule has 1 N–H and O–H groups in total. The lowest BCUT2D eigenvalue weighted by Gasteiger charge is -2.17. The Kier molecular flexibility index (Phi) is 5.02. The molecular formula is C19H15F2N3O4S2. The van der Waals surface area contributed by atoms with Gasteiger partial charge in [-0.15, -0.1) is 0 Å². The normalized spacial score (nSPS) is 17.0. The van der Waals surface area contributed by atoms with Crippen molar-refractivity contribution < 1.29 is 26.8 Å². The van der Waals surface area contributed by atoms with Crippen LogP contribution < -0.4 is 10.2 Å². The molecule has 156 valence electrons. The van der Waals surface area contributed by atoms with Gasteiger partial charge >= 0.3 is 0 Å². The second kappa shape index (κ2) is 7.40. The van der Waals surface area contributed by atoms with Gasteiger partial charge in [-0.3, -0.25) is 9.59 Å². The Morgan fingerprint density at radius 3 is 2.70 bits per heavy atom. The molecule has 0 radical (unpaired) electrons. The number of halogens is 2. The summed E-state index contributed by atoms with van der Waals surface area (Å²) in [6, 6.07) is 7.36. The molecule has 0 saturated carbocycles. The maximum atomic E-state index is 14.0. The van der Waals surface area contributed by atoms with Crippen LogP contribution in [0, 0.1) is 17.6 Å². The van der Waals surface area contributed by atoms with Gasteiger partial charge in [-0.05, 0) is 30.3 Å². The molecule has 0 bridgehead atoms. The fourth-order valence-electron chi connectivity index (χ4n) is 3.21. The quantitative estimate of drug-likeness (QED) is 0.658. The molecule has 4 rings (SSSR count). The smallest absolute Gasteiger partial charge is 0.231 e. The number of nitrogens with one attached hydrogen (secondary N) is 1. The number of hydrogen-bond acceptors (Lipinski definition) is 6. The molecule has 2 aromatic carbocycles. The summed E-state index contributed by atoms with van der Waals surface area (Å²) in [5, 5.41) is 2.90. The Morgan fingerprint density at radius 1 is 1.23 bits per heavy atom. The summed E-state index contributed by atoms with van der Waals surface area (Å²) in [4.78, 5) is 30.4. The maximum absolute atomic E-state index is 14.0. The van der Waals surface area contributed by atoms with E-state index in [2.05, 4.69) is 10.3 Å². The molecule has 2 amide bonds. The molecule has 1 fully saturated rings. The molecule has 3 aromatic rings. The van der Waals surface area contributed by atoms with Crippen molar-refractivity contribution >= 4 is 54.0 Å². The van der Waals surface area contributed by atoms with E-state index in [9.17, 15) is 26.8 Å². The van der Waals surface area contributed by atoms with Gasteiger partial charge in [0.1, 0.15) is 11.6 Å². The van der Waals surface area contributed by atoms with Crippen molar-refractivity contribution in [3.8, 4) is 0 Å².